The lowest BCUT2D eigenvalue weighted by Gasteiger charge is -2.33. The minimum Gasteiger partial charge on any atom is -0.370 e. The van der Waals surface area contributed by atoms with Crippen molar-refractivity contribution in [3.63, 3.8) is 0 Å². The largest absolute Gasteiger partial charge is 0.370 e. The number of aromatic nitrogens is 2. The minimum absolute atomic E-state index is 0.0636. The molecule has 1 amide bonds. The number of hydrogen-bond donors (Lipinski definition) is 0. The van der Waals surface area contributed by atoms with Gasteiger partial charge in [-0.25, -0.2) is 0 Å². The monoisotopic (exact) mass is 397 g/mol. The van der Waals surface area contributed by atoms with Gasteiger partial charge in [0.1, 0.15) is 12.5 Å². The van der Waals surface area contributed by atoms with E-state index in [-0.39, 0.29) is 18.4 Å². The normalized spacial score (nSPS) is 16.9. The van der Waals surface area contributed by atoms with Crippen molar-refractivity contribution in [2.45, 2.75) is 19.4 Å². The number of carbonyl (C=O) groups excluding carboxylic acids is 1. The summed E-state index contributed by atoms with van der Waals surface area (Å²) in [6, 6.07) is 15.3. The van der Waals surface area contributed by atoms with Gasteiger partial charge < -0.3 is 14.2 Å². The summed E-state index contributed by atoms with van der Waals surface area (Å²) < 4.78 is 11.1. The van der Waals surface area contributed by atoms with Gasteiger partial charge in [-0.3, -0.25) is 4.79 Å². The maximum atomic E-state index is 12.8. The zero-order chi connectivity index (χ0) is 19.5. The van der Waals surface area contributed by atoms with Gasteiger partial charge in [-0.2, -0.15) is 4.98 Å². The number of halogens is 1. The molecule has 0 spiro atoms. The fraction of sp³-hybridized carbons (Fsp3) is 0.286. The van der Waals surface area contributed by atoms with Gasteiger partial charge in [0, 0.05) is 22.7 Å². The molecule has 0 bridgehead atoms. The molecule has 2 aromatic carbocycles. The molecule has 0 N–H and O–H groups in total. The first kappa shape index (κ1) is 18.7. The lowest BCUT2D eigenvalue weighted by Crippen LogP contribution is -2.43. The molecular weight excluding hydrogens is 378 g/mol. The molecule has 1 atom stereocenters. The molecule has 1 saturated heterocycles. The van der Waals surface area contributed by atoms with E-state index in [1.54, 1.807) is 4.90 Å². The first-order chi connectivity index (χ1) is 13.6. The number of hydrogen-bond acceptors (Lipinski definition) is 5. The van der Waals surface area contributed by atoms with Crippen LogP contribution < -0.4 is 0 Å². The minimum atomic E-state index is -0.239. The molecule has 1 aliphatic rings. The van der Waals surface area contributed by atoms with Crippen LogP contribution in [0.1, 0.15) is 23.1 Å². The highest BCUT2D eigenvalue weighted by atomic mass is 35.5. The van der Waals surface area contributed by atoms with Gasteiger partial charge in [0.25, 0.3) is 0 Å². The molecule has 1 aliphatic heterocycles. The zero-order valence-corrected chi connectivity index (χ0v) is 16.2. The summed E-state index contributed by atoms with van der Waals surface area (Å²) in [5, 5.41) is 4.66. The summed E-state index contributed by atoms with van der Waals surface area (Å²) in [4.78, 5) is 18.9. The van der Waals surface area contributed by atoms with Crippen LogP contribution in [0.5, 0.6) is 0 Å². The molecule has 0 aliphatic carbocycles. The summed E-state index contributed by atoms with van der Waals surface area (Å²) in [6.07, 6.45) is -0.176. The summed E-state index contributed by atoms with van der Waals surface area (Å²) in [5.41, 5.74) is 2.84. The Morgan fingerprint density at radius 3 is 2.82 bits per heavy atom. The van der Waals surface area contributed by atoms with E-state index in [1.807, 2.05) is 55.5 Å². The lowest BCUT2D eigenvalue weighted by atomic mass is 10.1. The van der Waals surface area contributed by atoms with Crippen molar-refractivity contribution in [2.24, 2.45) is 0 Å². The van der Waals surface area contributed by atoms with Crippen molar-refractivity contribution in [1.82, 2.24) is 15.0 Å². The molecule has 6 nitrogen and oxygen atoms in total. The molecule has 1 fully saturated rings. The van der Waals surface area contributed by atoms with Gasteiger partial charge in [-0.1, -0.05) is 59.2 Å². The standard InChI is InChI=1S/C21H20ClN3O3/c1-14-6-2-3-7-15(14)21-23-19(28-24-21)12-20(26)25-10-11-27-18(13-25)16-8-4-5-9-17(16)22/h2-9,18H,10-13H2,1H3. The maximum absolute atomic E-state index is 12.8. The second-order valence-corrected chi connectivity index (χ2v) is 7.13. The summed E-state index contributed by atoms with van der Waals surface area (Å²) in [7, 11) is 0. The highest BCUT2D eigenvalue weighted by Crippen LogP contribution is 2.28. The molecule has 28 heavy (non-hydrogen) atoms. The summed E-state index contributed by atoms with van der Waals surface area (Å²) in [6.45, 7) is 3.42. The predicted octanol–water partition coefficient (Wildman–Crippen LogP) is 3.84. The number of morpholine rings is 1. The Kier molecular flexibility index (Phi) is 5.41. The quantitative estimate of drug-likeness (QED) is 0.669. The number of benzene rings is 2. The molecule has 3 aromatic rings. The van der Waals surface area contributed by atoms with Crippen LogP contribution in [0, 0.1) is 6.92 Å². The Morgan fingerprint density at radius 1 is 1.21 bits per heavy atom. The second kappa shape index (κ2) is 8.12. The Hall–Kier alpha value is -2.70. The molecule has 4 rings (SSSR count). The molecule has 1 unspecified atom stereocenters. The zero-order valence-electron chi connectivity index (χ0n) is 15.5. The van der Waals surface area contributed by atoms with Crippen LogP contribution in [0.2, 0.25) is 5.02 Å². The lowest BCUT2D eigenvalue weighted by molar-refractivity contribution is -0.138. The molecular formula is C21H20ClN3O3. The van der Waals surface area contributed by atoms with Gasteiger partial charge in [0.05, 0.1) is 13.2 Å². The van der Waals surface area contributed by atoms with Crippen molar-refractivity contribution >= 4 is 17.5 Å². The van der Waals surface area contributed by atoms with E-state index in [1.165, 1.54) is 0 Å². The van der Waals surface area contributed by atoms with E-state index < -0.39 is 0 Å². The second-order valence-electron chi connectivity index (χ2n) is 6.72. The summed E-state index contributed by atoms with van der Waals surface area (Å²) in [5.74, 6) is 0.737. The van der Waals surface area contributed by atoms with Crippen LogP contribution in [0.4, 0.5) is 0 Å². The topological polar surface area (TPSA) is 68.5 Å². The third kappa shape index (κ3) is 3.93. The molecule has 0 radical (unpaired) electrons. The first-order valence-electron chi connectivity index (χ1n) is 9.14. The third-order valence-corrected chi connectivity index (χ3v) is 5.17. The first-order valence-corrected chi connectivity index (χ1v) is 9.52. The Bertz CT molecular complexity index is 988. The Morgan fingerprint density at radius 2 is 2.00 bits per heavy atom. The van der Waals surface area contributed by atoms with Crippen LogP contribution in [0.15, 0.2) is 53.1 Å². The van der Waals surface area contributed by atoms with Crippen molar-refractivity contribution < 1.29 is 14.1 Å². The van der Waals surface area contributed by atoms with Crippen molar-refractivity contribution in [1.29, 1.82) is 0 Å². The number of aryl methyl sites for hydroxylation is 1. The number of nitrogens with zero attached hydrogens (tertiary/aromatic N) is 3. The van der Waals surface area contributed by atoms with E-state index in [9.17, 15) is 4.79 Å². The van der Waals surface area contributed by atoms with Crippen molar-refractivity contribution in [3.8, 4) is 11.4 Å². The van der Waals surface area contributed by atoms with Crippen molar-refractivity contribution in [2.75, 3.05) is 19.7 Å². The van der Waals surface area contributed by atoms with Gasteiger partial charge >= 0.3 is 0 Å². The Balaban J connectivity index is 1.44. The number of ether oxygens (including phenoxy) is 1. The maximum Gasteiger partial charge on any atom is 0.236 e. The highest BCUT2D eigenvalue weighted by molar-refractivity contribution is 6.31. The van der Waals surface area contributed by atoms with E-state index in [4.69, 9.17) is 20.9 Å². The number of rotatable bonds is 4. The smallest absolute Gasteiger partial charge is 0.236 e. The number of carbonyl (C=O) groups is 1. The molecule has 7 heteroatoms. The highest BCUT2D eigenvalue weighted by Gasteiger charge is 2.27. The van der Waals surface area contributed by atoms with Gasteiger partial charge in [-0.15, -0.1) is 0 Å². The van der Waals surface area contributed by atoms with Crippen LogP contribution in [0.25, 0.3) is 11.4 Å². The van der Waals surface area contributed by atoms with E-state index in [2.05, 4.69) is 10.1 Å². The Labute approximate surface area is 168 Å². The average Bonchev–Trinajstić information content (AvgIpc) is 3.17. The van der Waals surface area contributed by atoms with E-state index in [0.717, 1.165) is 16.7 Å². The molecule has 0 saturated carbocycles. The van der Waals surface area contributed by atoms with E-state index >= 15 is 0 Å². The van der Waals surface area contributed by atoms with Crippen LogP contribution >= 0.6 is 11.6 Å². The average molecular weight is 398 g/mol. The summed E-state index contributed by atoms with van der Waals surface area (Å²) >= 11 is 6.27. The molecule has 144 valence electrons. The van der Waals surface area contributed by atoms with E-state index in [0.29, 0.717) is 36.4 Å². The van der Waals surface area contributed by atoms with Gasteiger partial charge in [-0.05, 0) is 18.6 Å². The molecule has 1 aromatic heterocycles. The predicted molar refractivity (Wildman–Crippen MR) is 105 cm³/mol. The van der Waals surface area contributed by atoms with Gasteiger partial charge in [0.2, 0.25) is 17.6 Å². The fourth-order valence-corrected chi connectivity index (χ4v) is 3.56. The SMILES string of the molecule is Cc1ccccc1-c1noc(CC(=O)N2CCOC(c3ccccc3Cl)C2)n1. The van der Waals surface area contributed by atoms with Crippen LogP contribution in [-0.2, 0) is 16.0 Å². The fourth-order valence-electron chi connectivity index (χ4n) is 3.30. The molecule has 2 heterocycles. The third-order valence-electron chi connectivity index (χ3n) is 4.83. The van der Waals surface area contributed by atoms with Crippen molar-refractivity contribution in [3.05, 3.63) is 70.6 Å². The number of amides is 1. The van der Waals surface area contributed by atoms with Crippen LogP contribution in [0.3, 0.4) is 0 Å². The van der Waals surface area contributed by atoms with Crippen LogP contribution in [-0.4, -0.2) is 40.6 Å². The van der Waals surface area contributed by atoms with Gasteiger partial charge in [0.15, 0.2) is 0 Å².